The van der Waals surface area contributed by atoms with Gasteiger partial charge in [0.05, 0.1) is 0 Å². The molecule has 0 aromatic heterocycles. The fourth-order valence-corrected chi connectivity index (χ4v) is 2.79. The molecule has 17 heavy (non-hydrogen) atoms. The fourth-order valence-electron chi connectivity index (χ4n) is 2.79. The first kappa shape index (κ1) is 14.5. The van der Waals surface area contributed by atoms with E-state index in [4.69, 9.17) is 0 Å². The van der Waals surface area contributed by atoms with Gasteiger partial charge in [0.15, 0.2) is 0 Å². The van der Waals surface area contributed by atoms with Gasteiger partial charge in [0.1, 0.15) is 0 Å². The molecule has 0 bridgehead atoms. The molecule has 0 aliphatic heterocycles. The zero-order valence-corrected chi connectivity index (χ0v) is 11.7. The second-order valence-corrected chi connectivity index (χ2v) is 5.56. The van der Waals surface area contributed by atoms with E-state index in [1.165, 1.54) is 64.2 Å². The van der Waals surface area contributed by atoms with E-state index >= 15 is 0 Å². The third kappa shape index (κ3) is 6.71. The van der Waals surface area contributed by atoms with Crippen molar-refractivity contribution in [2.75, 3.05) is 0 Å². The summed E-state index contributed by atoms with van der Waals surface area (Å²) in [5.41, 5.74) is 0. The summed E-state index contributed by atoms with van der Waals surface area (Å²) in [4.78, 5) is 0. The van der Waals surface area contributed by atoms with Gasteiger partial charge in [-0.15, -0.1) is 6.58 Å². The van der Waals surface area contributed by atoms with Gasteiger partial charge in [-0.3, -0.25) is 0 Å². The van der Waals surface area contributed by atoms with E-state index in [1.807, 2.05) is 0 Å². The molecule has 0 saturated heterocycles. The van der Waals surface area contributed by atoms with Crippen LogP contribution in [0.4, 0.5) is 0 Å². The summed E-state index contributed by atoms with van der Waals surface area (Å²) in [6.45, 7) is 6.18. The molecule has 0 spiro atoms. The van der Waals surface area contributed by atoms with Gasteiger partial charge >= 0.3 is 0 Å². The molecule has 98 valence electrons. The number of allylic oxidation sites excluding steroid dienone is 3. The van der Waals surface area contributed by atoms with Gasteiger partial charge in [0.25, 0.3) is 0 Å². The van der Waals surface area contributed by atoms with Gasteiger partial charge in [-0.1, -0.05) is 38.0 Å². The Morgan fingerprint density at radius 2 is 1.71 bits per heavy atom. The molecule has 0 aromatic carbocycles. The molecule has 0 heteroatoms. The van der Waals surface area contributed by atoms with Crippen LogP contribution in [-0.4, -0.2) is 0 Å². The molecular weight excluding hydrogens is 204 g/mol. The topological polar surface area (TPSA) is 0 Å². The second kappa shape index (κ2) is 9.50. The van der Waals surface area contributed by atoms with Crippen LogP contribution in [0.1, 0.15) is 71.1 Å². The van der Waals surface area contributed by atoms with Crippen molar-refractivity contribution in [3.8, 4) is 0 Å². The van der Waals surface area contributed by atoms with Crippen LogP contribution in [0.3, 0.4) is 0 Å². The molecule has 0 nitrogen and oxygen atoms in total. The molecule has 1 aliphatic carbocycles. The van der Waals surface area contributed by atoms with Crippen LogP contribution in [0.5, 0.6) is 0 Å². The molecule has 1 aliphatic rings. The van der Waals surface area contributed by atoms with E-state index in [0.29, 0.717) is 0 Å². The van der Waals surface area contributed by atoms with Crippen molar-refractivity contribution in [1.82, 2.24) is 0 Å². The van der Waals surface area contributed by atoms with E-state index in [2.05, 4.69) is 31.7 Å². The minimum atomic E-state index is 0.816. The van der Waals surface area contributed by atoms with E-state index in [1.54, 1.807) is 0 Å². The van der Waals surface area contributed by atoms with Crippen molar-refractivity contribution in [2.45, 2.75) is 71.1 Å². The Balaban J connectivity index is 1.98. The minimum Gasteiger partial charge on any atom is -0.103 e. The van der Waals surface area contributed by atoms with Gasteiger partial charge < -0.3 is 0 Å². The largest absolute Gasteiger partial charge is 0.103 e. The smallest absolute Gasteiger partial charge is 0.0236 e. The average Bonchev–Trinajstić information content (AvgIpc) is 2.38. The molecule has 0 aromatic rings. The molecule has 0 unspecified atom stereocenters. The predicted molar refractivity (Wildman–Crippen MR) is 78.2 cm³/mol. The molecule has 1 fully saturated rings. The zero-order valence-electron chi connectivity index (χ0n) is 11.7. The first-order valence-corrected chi connectivity index (χ1v) is 7.64. The number of unbranched alkanes of at least 4 members (excludes halogenated alkanes) is 3. The molecule has 1 rings (SSSR count). The molecule has 0 amide bonds. The van der Waals surface area contributed by atoms with Crippen LogP contribution >= 0.6 is 0 Å². The van der Waals surface area contributed by atoms with Gasteiger partial charge in [0, 0.05) is 0 Å². The Morgan fingerprint density at radius 1 is 1.00 bits per heavy atom. The molecule has 1 saturated carbocycles. The SMILES string of the molecule is C=CC1CCC(CCC=CCCCCC)CC1. The van der Waals surface area contributed by atoms with Crippen molar-refractivity contribution in [3.63, 3.8) is 0 Å². The van der Waals surface area contributed by atoms with Crippen molar-refractivity contribution in [2.24, 2.45) is 11.8 Å². The highest BCUT2D eigenvalue weighted by atomic mass is 14.2. The lowest BCUT2D eigenvalue weighted by Gasteiger charge is -2.26. The van der Waals surface area contributed by atoms with Crippen molar-refractivity contribution >= 4 is 0 Å². The quantitative estimate of drug-likeness (QED) is 0.362. The lowest BCUT2D eigenvalue weighted by atomic mass is 9.80. The highest BCUT2D eigenvalue weighted by Gasteiger charge is 2.17. The highest BCUT2D eigenvalue weighted by Crippen LogP contribution is 2.31. The number of rotatable bonds is 8. The molecule has 0 radical (unpaired) electrons. The van der Waals surface area contributed by atoms with Crippen LogP contribution < -0.4 is 0 Å². The van der Waals surface area contributed by atoms with E-state index in [9.17, 15) is 0 Å². The zero-order chi connectivity index (χ0) is 12.3. The summed E-state index contributed by atoms with van der Waals surface area (Å²) in [6, 6.07) is 0. The lowest BCUT2D eigenvalue weighted by molar-refractivity contribution is 0.297. The second-order valence-electron chi connectivity index (χ2n) is 5.56. The van der Waals surface area contributed by atoms with E-state index in [-0.39, 0.29) is 0 Å². The summed E-state index contributed by atoms with van der Waals surface area (Å²) in [6.07, 6.45) is 20.7. The molecule has 0 N–H and O–H groups in total. The van der Waals surface area contributed by atoms with Crippen LogP contribution in [0.15, 0.2) is 24.8 Å². The van der Waals surface area contributed by atoms with Gasteiger partial charge in [-0.2, -0.15) is 0 Å². The van der Waals surface area contributed by atoms with E-state index in [0.717, 1.165) is 11.8 Å². The molecule has 0 atom stereocenters. The van der Waals surface area contributed by atoms with Crippen LogP contribution in [0, 0.1) is 11.8 Å². The third-order valence-electron chi connectivity index (χ3n) is 4.11. The average molecular weight is 234 g/mol. The standard InChI is InChI=1S/C17H30/c1-3-5-6-7-8-9-10-11-17-14-12-16(4-2)13-15-17/h4,8-9,16-17H,2-3,5-7,10-15H2,1H3. The maximum atomic E-state index is 3.91. The highest BCUT2D eigenvalue weighted by molar-refractivity contribution is 4.86. The predicted octanol–water partition coefficient (Wildman–Crippen LogP) is 5.90. The third-order valence-corrected chi connectivity index (χ3v) is 4.11. The Hall–Kier alpha value is -0.520. The monoisotopic (exact) mass is 234 g/mol. The normalized spacial score (nSPS) is 25.2. The summed E-state index contributed by atoms with van der Waals surface area (Å²) in [7, 11) is 0. The summed E-state index contributed by atoms with van der Waals surface area (Å²) in [5, 5.41) is 0. The Labute approximate surface area is 108 Å². The Kier molecular flexibility index (Phi) is 8.13. The van der Waals surface area contributed by atoms with Crippen LogP contribution in [0.2, 0.25) is 0 Å². The fraction of sp³-hybridized carbons (Fsp3) is 0.765. The number of hydrogen-bond acceptors (Lipinski definition) is 0. The van der Waals surface area contributed by atoms with E-state index < -0.39 is 0 Å². The molecule has 0 heterocycles. The first-order chi connectivity index (χ1) is 8.36. The maximum absolute atomic E-state index is 3.91. The first-order valence-electron chi connectivity index (χ1n) is 7.64. The van der Waals surface area contributed by atoms with Gasteiger partial charge in [0.2, 0.25) is 0 Å². The van der Waals surface area contributed by atoms with Crippen LogP contribution in [0.25, 0.3) is 0 Å². The summed E-state index contributed by atoms with van der Waals surface area (Å²) < 4.78 is 0. The summed E-state index contributed by atoms with van der Waals surface area (Å²) >= 11 is 0. The number of hydrogen-bond donors (Lipinski definition) is 0. The van der Waals surface area contributed by atoms with Gasteiger partial charge in [-0.05, 0) is 63.2 Å². The lowest BCUT2D eigenvalue weighted by Crippen LogP contribution is -2.12. The van der Waals surface area contributed by atoms with Gasteiger partial charge in [-0.25, -0.2) is 0 Å². The molecular formula is C17H30. The summed E-state index contributed by atoms with van der Waals surface area (Å²) in [5.74, 6) is 1.81. The maximum Gasteiger partial charge on any atom is -0.0236 e. The Bertz CT molecular complexity index is 206. The Morgan fingerprint density at radius 3 is 2.35 bits per heavy atom. The van der Waals surface area contributed by atoms with Crippen molar-refractivity contribution < 1.29 is 0 Å². The van der Waals surface area contributed by atoms with Crippen molar-refractivity contribution in [1.29, 1.82) is 0 Å². The van der Waals surface area contributed by atoms with Crippen molar-refractivity contribution in [3.05, 3.63) is 24.8 Å². The van der Waals surface area contributed by atoms with Crippen LogP contribution in [-0.2, 0) is 0 Å². The minimum absolute atomic E-state index is 0.816.